The first-order chi connectivity index (χ1) is 33.1. The van der Waals surface area contributed by atoms with Crippen LogP contribution in [0.25, 0.3) is 0 Å². The summed E-state index contributed by atoms with van der Waals surface area (Å²) in [6.07, 6.45) is 3.81. The zero-order valence-electron chi connectivity index (χ0n) is 44.4. The van der Waals surface area contributed by atoms with Crippen LogP contribution in [-0.4, -0.2) is 165 Å². The van der Waals surface area contributed by atoms with E-state index in [1.54, 1.807) is 0 Å². The van der Waals surface area contributed by atoms with Crippen molar-refractivity contribution in [2.75, 3.05) is 72.7 Å². The largest absolute Gasteiger partial charge is 0.454 e. The van der Waals surface area contributed by atoms with E-state index in [0.29, 0.717) is 52.9 Å². The Morgan fingerprint density at radius 3 is 1.57 bits per heavy atom. The number of unbranched alkanes of at least 4 members (excludes halogenated alkanes) is 7. The summed E-state index contributed by atoms with van der Waals surface area (Å²) >= 11 is 0. The van der Waals surface area contributed by atoms with E-state index in [9.17, 15) is 4.79 Å². The van der Waals surface area contributed by atoms with Gasteiger partial charge >= 0.3 is 5.97 Å². The van der Waals surface area contributed by atoms with Gasteiger partial charge in [-0.15, -0.1) is 0 Å². The van der Waals surface area contributed by atoms with E-state index in [1.807, 2.05) is 13.8 Å². The van der Waals surface area contributed by atoms with Crippen LogP contribution in [0.1, 0.15) is 166 Å². The van der Waals surface area contributed by atoms with Gasteiger partial charge in [0.25, 0.3) is 0 Å². The Balaban J connectivity index is 1.99. The highest BCUT2D eigenvalue weighted by Crippen LogP contribution is 2.35. The van der Waals surface area contributed by atoms with Crippen LogP contribution in [0.2, 0.25) is 0 Å². The van der Waals surface area contributed by atoms with Gasteiger partial charge in [0.2, 0.25) is 0 Å². The summed E-state index contributed by atoms with van der Waals surface area (Å²) < 4.78 is 97.8. The normalized spacial score (nSPS) is 30.9. The molecular formula is C52H98O16. The number of ether oxygens (including phenoxy) is 15. The van der Waals surface area contributed by atoms with Gasteiger partial charge in [0.1, 0.15) is 42.7 Å². The Labute approximate surface area is 411 Å². The molecule has 0 spiro atoms. The topological polar surface area (TPSA) is 156 Å². The summed E-state index contributed by atoms with van der Waals surface area (Å²) in [5.41, 5.74) is 0. The van der Waals surface area contributed by atoms with Crippen LogP contribution >= 0.6 is 0 Å². The molecule has 3 rings (SSSR count). The molecule has 68 heavy (non-hydrogen) atoms. The molecule has 0 radical (unpaired) electrons. The lowest BCUT2D eigenvalue weighted by molar-refractivity contribution is -0.360. The number of carbonyl (C=O) groups is 1. The van der Waals surface area contributed by atoms with Crippen molar-refractivity contribution >= 4 is 5.97 Å². The quantitative estimate of drug-likeness (QED) is 0.0326. The molecule has 0 aromatic heterocycles. The predicted octanol–water partition coefficient (Wildman–Crippen LogP) is 9.09. The Bertz CT molecular complexity index is 1230. The molecule has 0 aliphatic carbocycles. The van der Waals surface area contributed by atoms with Gasteiger partial charge in [-0.25, -0.2) is 0 Å². The Kier molecular flexibility index (Phi) is 33.1. The summed E-state index contributed by atoms with van der Waals surface area (Å²) in [7, 11) is 0. The molecule has 3 saturated heterocycles. The van der Waals surface area contributed by atoms with Crippen molar-refractivity contribution in [3.05, 3.63) is 0 Å². The number of carbonyl (C=O) groups excluding carboxylic acids is 1. The maximum absolute atomic E-state index is 12.9. The van der Waals surface area contributed by atoms with Gasteiger partial charge in [0.15, 0.2) is 31.3 Å². The first-order valence-corrected chi connectivity index (χ1v) is 27.0. The highest BCUT2D eigenvalue weighted by Gasteiger charge is 2.52. The molecule has 0 aromatic carbocycles. The highest BCUT2D eigenvalue weighted by atomic mass is 16.8. The minimum absolute atomic E-state index is 0.136. The second-order valence-electron chi connectivity index (χ2n) is 18.6. The summed E-state index contributed by atoms with van der Waals surface area (Å²) in [6.45, 7) is 26.8. The first-order valence-electron chi connectivity index (χ1n) is 27.0. The molecule has 0 N–H and O–H groups in total. The second kappa shape index (κ2) is 36.8. The van der Waals surface area contributed by atoms with Crippen LogP contribution in [0.5, 0.6) is 0 Å². The van der Waals surface area contributed by atoms with Gasteiger partial charge in [-0.05, 0) is 58.8 Å². The third kappa shape index (κ3) is 21.9. The molecule has 6 unspecified atom stereocenters. The molecular weight excluding hydrogens is 881 g/mol. The van der Waals surface area contributed by atoms with Gasteiger partial charge < -0.3 is 71.1 Å². The SMILES string of the molecule is CCCCOCC1O[C@@H](OCCCC)[C@@H](C)C(OCCCC)[C@@H]1O[C@@H](COCCCC)OC1COC(C)O[C@H]1[C@@H](C)O[C@@H]1OC(COCCCC)[C@H](OCCCC)C(OCCCC)[C@@H]1OC(C)=O. The molecule has 15 atom stereocenters. The smallest absolute Gasteiger partial charge is 0.303 e. The van der Waals surface area contributed by atoms with E-state index in [2.05, 4.69) is 55.4 Å². The second-order valence-corrected chi connectivity index (χ2v) is 18.6. The van der Waals surface area contributed by atoms with Crippen molar-refractivity contribution in [3.63, 3.8) is 0 Å². The summed E-state index contributed by atoms with van der Waals surface area (Å²) in [4.78, 5) is 12.9. The van der Waals surface area contributed by atoms with E-state index in [4.69, 9.17) is 71.1 Å². The van der Waals surface area contributed by atoms with Crippen LogP contribution in [0.3, 0.4) is 0 Å². The molecule has 0 saturated carbocycles. The monoisotopic (exact) mass is 979 g/mol. The van der Waals surface area contributed by atoms with E-state index in [1.165, 1.54) is 6.92 Å². The van der Waals surface area contributed by atoms with E-state index < -0.39 is 86.1 Å². The molecule has 16 heteroatoms. The van der Waals surface area contributed by atoms with Crippen molar-refractivity contribution in [3.8, 4) is 0 Å². The van der Waals surface area contributed by atoms with Crippen molar-refractivity contribution in [1.29, 1.82) is 0 Å². The third-order valence-corrected chi connectivity index (χ3v) is 12.4. The Morgan fingerprint density at radius 2 is 1.01 bits per heavy atom. The fraction of sp³-hybridized carbons (Fsp3) is 0.981. The minimum atomic E-state index is -1.05. The zero-order chi connectivity index (χ0) is 49.5. The summed E-state index contributed by atoms with van der Waals surface area (Å²) in [5.74, 6) is -0.640. The zero-order valence-corrected chi connectivity index (χ0v) is 44.4. The Hall–Kier alpha value is -1.09. The van der Waals surface area contributed by atoms with Gasteiger partial charge in [0.05, 0.1) is 38.6 Å². The summed E-state index contributed by atoms with van der Waals surface area (Å²) in [6, 6.07) is 0. The average molecular weight is 979 g/mol. The summed E-state index contributed by atoms with van der Waals surface area (Å²) in [5, 5.41) is 0. The van der Waals surface area contributed by atoms with Crippen LogP contribution in [-0.2, 0) is 75.8 Å². The number of esters is 1. The molecule has 3 aliphatic heterocycles. The van der Waals surface area contributed by atoms with E-state index in [0.717, 1.165) is 89.9 Å². The first kappa shape index (κ1) is 61.2. The maximum Gasteiger partial charge on any atom is 0.303 e. The van der Waals surface area contributed by atoms with Crippen LogP contribution in [0.15, 0.2) is 0 Å². The molecule has 0 amide bonds. The lowest BCUT2D eigenvalue weighted by Gasteiger charge is -2.47. The standard InChI is InChI=1S/C52H98O16/c1-12-19-26-54-33-41-47(58-30-23-16-5)49(59-31-24-17-6)50(63-39(10)53)52(67-41)62-38(9)46-43(35-61-40(11)64-46)65-44(36-56-28-21-14-3)68-48-42(34-55-27-20-13-2)66-51(60-32-25-18-7)37(8)45(48)57-29-22-15-4/h37-38,40-52H,12-36H2,1-11H3/t37-,38+,40?,41?,42?,43?,44-,45?,46-,47-,48+,49?,50-,51+,52+/m0/s1. The lowest BCUT2D eigenvalue weighted by atomic mass is 9.91. The van der Waals surface area contributed by atoms with Crippen molar-refractivity contribution in [2.45, 2.75) is 252 Å². The van der Waals surface area contributed by atoms with Crippen molar-refractivity contribution in [2.24, 2.45) is 5.92 Å². The maximum atomic E-state index is 12.9. The number of hydrogen-bond acceptors (Lipinski definition) is 16. The fourth-order valence-corrected chi connectivity index (χ4v) is 8.33. The molecule has 402 valence electrons. The molecule has 0 aromatic rings. The van der Waals surface area contributed by atoms with Crippen LogP contribution in [0.4, 0.5) is 0 Å². The number of hydrogen-bond donors (Lipinski definition) is 0. The third-order valence-electron chi connectivity index (χ3n) is 12.4. The van der Waals surface area contributed by atoms with Crippen LogP contribution in [0, 0.1) is 5.92 Å². The predicted molar refractivity (Wildman–Crippen MR) is 258 cm³/mol. The van der Waals surface area contributed by atoms with Crippen molar-refractivity contribution < 1.29 is 75.8 Å². The molecule has 16 nitrogen and oxygen atoms in total. The van der Waals surface area contributed by atoms with Gasteiger partial charge in [-0.3, -0.25) is 4.79 Å². The number of rotatable bonds is 39. The van der Waals surface area contributed by atoms with E-state index in [-0.39, 0.29) is 31.8 Å². The van der Waals surface area contributed by atoms with Crippen LogP contribution < -0.4 is 0 Å². The fourth-order valence-electron chi connectivity index (χ4n) is 8.33. The van der Waals surface area contributed by atoms with E-state index >= 15 is 0 Å². The highest BCUT2D eigenvalue weighted by molar-refractivity contribution is 5.66. The molecule has 3 aliphatic rings. The molecule has 3 fully saturated rings. The van der Waals surface area contributed by atoms with Crippen molar-refractivity contribution in [1.82, 2.24) is 0 Å². The minimum Gasteiger partial charge on any atom is -0.454 e. The van der Waals surface area contributed by atoms with Gasteiger partial charge in [-0.1, -0.05) is 100 Å². The van der Waals surface area contributed by atoms with Gasteiger partial charge in [0, 0.05) is 59.1 Å². The lowest BCUT2D eigenvalue weighted by Crippen LogP contribution is -2.63. The molecule has 0 bridgehead atoms. The Morgan fingerprint density at radius 1 is 0.529 bits per heavy atom. The molecule has 3 heterocycles. The average Bonchev–Trinajstić information content (AvgIpc) is 3.32. The van der Waals surface area contributed by atoms with Gasteiger partial charge in [-0.2, -0.15) is 0 Å².